The fraction of sp³-hybridized carbons (Fsp3) is 0.818. The van der Waals surface area contributed by atoms with Crippen molar-refractivity contribution in [3.8, 4) is 0 Å². The highest BCUT2D eigenvalue weighted by atomic mass is 32.1. The van der Waals surface area contributed by atoms with Crippen LogP contribution in [0.15, 0.2) is 0 Å². The van der Waals surface area contributed by atoms with E-state index in [-0.39, 0.29) is 6.04 Å². The number of aryl methyl sites for hydroxylation is 1. The lowest BCUT2D eigenvalue weighted by Gasteiger charge is -2.21. The molecule has 1 saturated carbocycles. The second-order valence-corrected chi connectivity index (χ2v) is 5.31. The lowest BCUT2D eigenvalue weighted by molar-refractivity contribution is 0.376. The van der Waals surface area contributed by atoms with Gasteiger partial charge in [-0.25, -0.2) is 0 Å². The number of nitrogens with zero attached hydrogens (tertiary/aromatic N) is 2. The Balaban J connectivity index is 2.15. The van der Waals surface area contributed by atoms with E-state index in [2.05, 4.69) is 21.9 Å². The minimum Gasteiger partial charge on any atom is -0.271 e. The first-order valence-corrected chi connectivity index (χ1v) is 6.91. The monoisotopic (exact) mass is 240 g/mol. The Morgan fingerprint density at radius 3 is 2.88 bits per heavy atom. The lowest BCUT2D eigenvalue weighted by Crippen LogP contribution is -2.32. The highest BCUT2D eigenvalue weighted by Crippen LogP contribution is 2.37. The highest BCUT2D eigenvalue weighted by molar-refractivity contribution is 7.05. The molecule has 16 heavy (non-hydrogen) atoms. The van der Waals surface area contributed by atoms with Crippen LogP contribution < -0.4 is 11.3 Å². The summed E-state index contributed by atoms with van der Waals surface area (Å²) in [6, 6.07) is 0.268. The summed E-state index contributed by atoms with van der Waals surface area (Å²) in [4.78, 5) is 1.26. The van der Waals surface area contributed by atoms with Crippen LogP contribution in [0.3, 0.4) is 0 Å². The fourth-order valence-electron chi connectivity index (χ4n) is 2.58. The largest absolute Gasteiger partial charge is 0.271 e. The molecule has 0 saturated heterocycles. The highest BCUT2D eigenvalue weighted by Gasteiger charge is 2.28. The van der Waals surface area contributed by atoms with Crippen molar-refractivity contribution >= 4 is 11.5 Å². The maximum Gasteiger partial charge on any atom is 0.0804 e. The van der Waals surface area contributed by atoms with Gasteiger partial charge in [-0.3, -0.25) is 11.3 Å². The van der Waals surface area contributed by atoms with E-state index in [9.17, 15) is 0 Å². The van der Waals surface area contributed by atoms with Gasteiger partial charge in [0.2, 0.25) is 0 Å². The van der Waals surface area contributed by atoms with Crippen LogP contribution in [0.4, 0.5) is 0 Å². The van der Waals surface area contributed by atoms with Gasteiger partial charge in [-0.05, 0) is 36.7 Å². The summed E-state index contributed by atoms with van der Waals surface area (Å²) in [5.74, 6) is 6.38. The van der Waals surface area contributed by atoms with Gasteiger partial charge < -0.3 is 0 Å². The van der Waals surface area contributed by atoms with Crippen molar-refractivity contribution < 1.29 is 0 Å². The number of nitrogens with one attached hydrogen (secondary N) is 1. The van der Waals surface area contributed by atoms with Crippen LogP contribution in [-0.2, 0) is 6.42 Å². The van der Waals surface area contributed by atoms with Gasteiger partial charge in [0.1, 0.15) is 0 Å². The minimum absolute atomic E-state index is 0.268. The molecule has 2 rings (SSSR count). The van der Waals surface area contributed by atoms with Gasteiger partial charge in [0, 0.05) is 0 Å². The van der Waals surface area contributed by atoms with E-state index in [0.717, 1.165) is 18.5 Å². The van der Waals surface area contributed by atoms with Crippen LogP contribution in [0.1, 0.15) is 55.6 Å². The molecule has 1 aliphatic carbocycles. The van der Waals surface area contributed by atoms with E-state index >= 15 is 0 Å². The Labute approximate surface area is 101 Å². The van der Waals surface area contributed by atoms with Gasteiger partial charge in [-0.2, -0.15) is 0 Å². The van der Waals surface area contributed by atoms with Gasteiger partial charge in [0.05, 0.1) is 16.6 Å². The molecule has 0 aromatic carbocycles. The SMILES string of the molecule is CCCc1nnsc1C(NN)C1CCCC1. The number of hydrazine groups is 1. The Morgan fingerprint density at radius 1 is 1.50 bits per heavy atom. The molecule has 0 spiro atoms. The average Bonchev–Trinajstić information content (AvgIpc) is 2.92. The Morgan fingerprint density at radius 2 is 2.25 bits per heavy atom. The quantitative estimate of drug-likeness (QED) is 0.611. The summed E-state index contributed by atoms with van der Waals surface area (Å²) in [7, 11) is 0. The number of aromatic nitrogens is 2. The van der Waals surface area contributed by atoms with E-state index < -0.39 is 0 Å². The summed E-state index contributed by atoms with van der Waals surface area (Å²) in [5, 5.41) is 4.22. The minimum atomic E-state index is 0.268. The molecule has 1 aromatic heterocycles. The normalized spacial score (nSPS) is 19.1. The van der Waals surface area contributed by atoms with Crippen molar-refractivity contribution in [3.63, 3.8) is 0 Å². The number of hydrogen-bond acceptors (Lipinski definition) is 5. The molecule has 3 N–H and O–H groups in total. The molecule has 0 aliphatic heterocycles. The smallest absolute Gasteiger partial charge is 0.0804 e. The van der Waals surface area contributed by atoms with E-state index in [0.29, 0.717) is 5.92 Å². The Bertz CT molecular complexity index is 320. The van der Waals surface area contributed by atoms with Crippen LogP contribution in [0.25, 0.3) is 0 Å². The van der Waals surface area contributed by atoms with Crippen LogP contribution >= 0.6 is 11.5 Å². The number of hydrogen-bond donors (Lipinski definition) is 2. The van der Waals surface area contributed by atoms with Crippen molar-refractivity contribution in [2.75, 3.05) is 0 Å². The van der Waals surface area contributed by atoms with Gasteiger partial charge in [-0.15, -0.1) is 5.10 Å². The zero-order chi connectivity index (χ0) is 11.4. The van der Waals surface area contributed by atoms with Crippen molar-refractivity contribution in [2.45, 2.75) is 51.5 Å². The lowest BCUT2D eigenvalue weighted by atomic mass is 9.96. The zero-order valence-electron chi connectivity index (χ0n) is 9.78. The third kappa shape index (κ3) is 2.42. The van der Waals surface area contributed by atoms with Crippen molar-refractivity contribution in [1.82, 2.24) is 15.0 Å². The first-order chi connectivity index (χ1) is 7.86. The molecule has 4 nitrogen and oxygen atoms in total. The Kier molecular flexibility index (Phi) is 4.26. The third-order valence-corrected chi connectivity index (χ3v) is 4.25. The van der Waals surface area contributed by atoms with Crippen LogP contribution in [0.2, 0.25) is 0 Å². The molecule has 0 bridgehead atoms. The molecule has 1 atom stereocenters. The predicted molar refractivity (Wildman–Crippen MR) is 65.9 cm³/mol. The average molecular weight is 240 g/mol. The molecule has 1 aromatic rings. The molecule has 1 unspecified atom stereocenters. The van der Waals surface area contributed by atoms with Crippen molar-refractivity contribution in [2.24, 2.45) is 11.8 Å². The molecular formula is C11H20N4S. The topological polar surface area (TPSA) is 63.8 Å². The maximum absolute atomic E-state index is 5.71. The first-order valence-electron chi connectivity index (χ1n) is 6.14. The fourth-order valence-corrected chi connectivity index (χ4v) is 3.43. The van der Waals surface area contributed by atoms with Gasteiger partial charge in [0.15, 0.2) is 0 Å². The van der Waals surface area contributed by atoms with Crippen molar-refractivity contribution in [3.05, 3.63) is 10.6 Å². The van der Waals surface area contributed by atoms with E-state index in [1.807, 2.05) is 0 Å². The zero-order valence-corrected chi connectivity index (χ0v) is 10.6. The summed E-state index contributed by atoms with van der Waals surface area (Å²) in [6.07, 6.45) is 7.34. The molecule has 1 fully saturated rings. The summed E-state index contributed by atoms with van der Waals surface area (Å²) in [5.41, 5.74) is 4.12. The molecular weight excluding hydrogens is 220 g/mol. The molecule has 0 amide bonds. The third-order valence-electron chi connectivity index (χ3n) is 3.41. The van der Waals surface area contributed by atoms with E-state index in [4.69, 9.17) is 5.84 Å². The molecule has 0 radical (unpaired) electrons. The summed E-state index contributed by atoms with van der Waals surface area (Å²) < 4.78 is 4.08. The second kappa shape index (κ2) is 5.70. The van der Waals surface area contributed by atoms with Gasteiger partial charge >= 0.3 is 0 Å². The molecule has 1 heterocycles. The van der Waals surface area contributed by atoms with Crippen LogP contribution in [0.5, 0.6) is 0 Å². The number of nitrogens with two attached hydrogens (primary N) is 1. The first kappa shape index (κ1) is 12.0. The van der Waals surface area contributed by atoms with Crippen LogP contribution in [-0.4, -0.2) is 9.59 Å². The van der Waals surface area contributed by atoms with Gasteiger partial charge in [0.25, 0.3) is 0 Å². The van der Waals surface area contributed by atoms with Crippen LogP contribution in [0, 0.1) is 5.92 Å². The number of rotatable bonds is 5. The summed E-state index contributed by atoms with van der Waals surface area (Å²) >= 11 is 1.51. The predicted octanol–water partition coefficient (Wildman–Crippen LogP) is 2.19. The molecule has 90 valence electrons. The van der Waals surface area contributed by atoms with E-state index in [1.54, 1.807) is 0 Å². The Hall–Kier alpha value is -0.520. The van der Waals surface area contributed by atoms with E-state index in [1.165, 1.54) is 42.1 Å². The molecule has 5 heteroatoms. The molecule has 1 aliphatic rings. The summed E-state index contributed by atoms with van der Waals surface area (Å²) in [6.45, 7) is 2.17. The van der Waals surface area contributed by atoms with Gasteiger partial charge in [-0.1, -0.05) is 30.7 Å². The maximum atomic E-state index is 5.71. The standard InChI is InChI=1S/C11H20N4S/c1-2-5-9-11(16-15-14-9)10(13-12)8-6-3-4-7-8/h8,10,13H,2-7,12H2,1H3. The van der Waals surface area contributed by atoms with Crippen molar-refractivity contribution in [1.29, 1.82) is 0 Å². The second-order valence-electron chi connectivity index (χ2n) is 4.52.